The van der Waals surface area contributed by atoms with Gasteiger partial charge in [0.05, 0.1) is 18.3 Å². The summed E-state index contributed by atoms with van der Waals surface area (Å²) in [6.07, 6.45) is -2.29. The van der Waals surface area contributed by atoms with Crippen molar-refractivity contribution in [2.45, 2.75) is 26.1 Å². The van der Waals surface area contributed by atoms with Crippen LogP contribution in [-0.2, 0) is 4.74 Å². The molecular weight excluding hydrogens is 259 g/mol. The summed E-state index contributed by atoms with van der Waals surface area (Å²) in [6.45, 7) is 2.60. The maximum Gasteiger partial charge on any atom is 0.200 e. The average molecular weight is 270 g/mol. The Morgan fingerprint density at radius 2 is 1.28 bits per heavy atom. The molecule has 0 fully saturated rings. The van der Waals surface area contributed by atoms with Crippen LogP contribution in [0.15, 0.2) is 0 Å². The first-order chi connectivity index (χ1) is 8.27. The molecule has 0 radical (unpaired) electrons. The van der Waals surface area contributed by atoms with Crippen LogP contribution < -0.4 is 0 Å². The largest absolute Gasteiger partial charge is 0.386 e. The Bertz CT molecular complexity index is 419. The van der Waals surface area contributed by atoms with Gasteiger partial charge in [0, 0.05) is 0 Å². The molecule has 0 aliphatic rings. The van der Waals surface area contributed by atoms with E-state index in [2.05, 4.69) is 0 Å². The van der Waals surface area contributed by atoms with Gasteiger partial charge in [0.15, 0.2) is 23.3 Å². The van der Waals surface area contributed by atoms with Gasteiger partial charge in [-0.1, -0.05) is 0 Å². The van der Waals surface area contributed by atoms with Gasteiger partial charge in [-0.3, -0.25) is 0 Å². The van der Waals surface area contributed by atoms with E-state index in [9.17, 15) is 27.1 Å². The first kappa shape index (κ1) is 14.8. The Kier molecular flexibility index (Phi) is 4.64. The van der Waals surface area contributed by atoms with Crippen molar-refractivity contribution in [2.24, 2.45) is 0 Å². The van der Waals surface area contributed by atoms with E-state index >= 15 is 0 Å². The molecule has 0 aromatic heterocycles. The number of hydrogen-bond acceptors (Lipinski definition) is 2. The van der Waals surface area contributed by atoms with Crippen LogP contribution in [0, 0.1) is 29.1 Å². The molecule has 1 atom stereocenters. The number of hydrogen-bond donors (Lipinski definition) is 1. The van der Waals surface area contributed by atoms with Crippen LogP contribution in [0.1, 0.15) is 25.5 Å². The van der Waals surface area contributed by atoms with Gasteiger partial charge in [-0.25, -0.2) is 22.0 Å². The third-order valence-electron chi connectivity index (χ3n) is 2.16. The summed E-state index contributed by atoms with van der Waals surface area (Å²) < 4.78 is 69.8. The molecule has 0 heterocycles. The van der Waals surface area contributed by atoms with Gasteiger partial charge in [0.1, 0.15) is 6.10 Å². The summed E-state index contributed by atoms with van der Waals surface area (Å²) in [5, 5.41) is 9.41. The molecule has 0 saturated carbocycles. The van der Waals surface area contributed by atoms with Crippen molar-refractivity contribution in [3.05, 3.63) is 34.6 Å². The number of aliphatic hydroxyl groups is 1. The summed E-state index contributed by atoms with van der Waals surface area (Å²) in [5.41, 5.74) is -1.29. The second-order valence-corrected chi connectivity index (χ2v) is 3.88. The van der Waals surface area contributed by atoms with Crippen molar-refractivity contribution in [3.8, 4) is 0 Å². The second-order valence-electron chi connectivity index (χ2n) is 3.88. The van der Waals surface area contributed by atoms with Crippen molar-refractivity contribution in [1.82, 2.24) is 0 Å². The molecule has 0 spiro atoms. The second kappa shape index (κ2) is 5.62. The van der Waals surface area contributed by atoms with Gasteiger partial charge in [-0.05, 0) is 13.8 Å². The van der Waals surface area contributed by atoms with Crippen LogP contribution in [-0.4, -0.2) is 17.8 Å². The molecule has 0 saturated heterocycles. The van der Waals surface area contributed by atoms with E-state index in [1.807, 2.05) is 0 Å². The fourth-order valence-electron chi connectivity index (χ4n) is 1.28. The number of halogens is 5. The molecule has 1 aromatic carbocycles. The Balaban J connectivity index is 3.16. The van der Waals surface area contributed by atoms with Gasteiger partial charge in [-0.15, -0.1) is 0 Å². The highest BCUT2D eigenvalue weighted by atomic mass is 19.2. The van der Waals surface area contributed by atoms with Crippen LogP contribution in [0.3, 0.4) is 0 Å². The Morgan fingerprint density at radius 3 is 1.67 bits per heavy atom. The summed E-state index contributed by atoms with van der Waals surface area (Å²) in [4.78, 5) is 0. The molecule has 18 heavy (non-hydrogen) atoms. The van der Waals surface area contributed by atoms with Crippen LogP contribution >= 0.6 is 0 Å². The molecule has 1 rings (SSSR count). The highest BCUT2D eigenvalue weighted by Gasteiger charge is 2.29. The molecule has 0 aliphatic carbocycles. The van der Waals surface area contributed by atoms with E-state index in [1.54, 1.807) is 13.8 Å². The topological polar surface area (TPSA) is 29.5 Å². The fraction of sp³-hybridized carbons (Fsp3) is 0.455. The summed E-state index contributed by atoms with van der Waals surface area (Å²) >= 11 is 0. The lowest BCUT2D eigenvalue weighted by Crippen LogP contribution is -2.17. The fourth-order valence-corrected chi connectivity index (χ4v) is 1.28. The van der Waals surface area contributed by atoms with Crippen molar-refractivity contribution in [2.75, 3.05) is 6.61 Å². The van der Waals surface area contributed by atoms with E-state index < -0.39 is 47.4 Å². The van der Waals surface area contributed by atoms with Gasteiger partial charge in [0.2, 0.25) is 5.82 Å². The standard InChI is InChI=1S/C11H11F5O2/c1-4(2)18-3-5(17)6-7(12)9(14)11(16)10(15)8(6)13/h4-5,17H,3H2,1-2H3. The smallest absolute Gasteiger partial charge is 0.200 e. The minimum absolute atomic E-state index is 0.360. The highest BCUT2D eigenvalue weighted by Crippen LogP contribution is 2.28. The molecule has 2 nitrogen and oxygen atoms in total. The molecule has 1 N–H and O–H groups in total. The quantitative estimate of drug-likeness (QED) is 0.518. The molecule has 7 heteroatoms. The van der Waals surface area contributed by atoms with Crippen LogP contribution in [0.5, 0.6) is 0 Å². The third-order valence-corrected chi connectivity index (χ3v) is 2.16. The van der Waals surface area contributed by atoms with Crippen LogP contribution in [0.25, 0.3) is 0 Å². The van der Waals surface area contributed by atoms with Gasteiger partial charge >= 0.3 is 0 Å². The molecule has 0 amide bonds. The highest BCUT2D eigenvalue weighted by molar-refractivity contribution is 5.26. The first-order valence-electron chi connectivity index (χ1n) is 5.08. The third kappa shape index (κ3) is 2.78. The zero-order valence-electron chi connectivity index (χ0n) is 9.61. The Hall–Kier alpha value is -1.21. The molecule has 0 aliphatic heterocycles. The summed E-state index contributed by atoms with van der Waals surface area (Å²) in [6, 6.07) is 0. The lowest BCUT2D eigenvalue weighted by Gasteiger charge is -2.16. The predicted molar refractivity (Wildman–Crippen MR) is 52.3 cm³/mol. The molecular formula is C11H11F5O2. The normalized spacial score (nSPS) is 13.2. The molecule has 1 unspecified atom stereocenters. The SMILES string of the molecule is CC(C)OCC(O)c1c(F)c(F)c(F)c(F)c1F. The average Bonchev–Trinajstić information content (AvgIpc) is 2.31. The number of benzene rings is 1. The summed E-state index contributed by atoms with van der Waals surface area (Å²) in [5.74, 6) is -10.5. The van der Waals surface area contributed by atoms with Crippen LogP contribution in [0.4, 0.5) is 22.0 Å². The lowest BCUT2D eigenvalue weighted by molar-refractivity contribution is 0.00146. The molecule has 0 bridgehead atoms. The van der Waals surface area contributed by atoms with E-state index in [-0.39, 0.29) is 6.10 Å². The van der Waals surface area contributed by atoms with Crippen molar-refractivity contribution in [1.29, 1.82) is 0 Å². The van der Waals surface area contributed by atoms with Crippen molar-refractivity contribution >= 4 is 0 Å². The zero-order valence-corrected chi connectivity index (χ0v) is 9.61. The molecule has 1 aromatic rings. The Morgan fingerprint density at radius 1 is 0.889 bits per heavy atom. The van der Waals surface area contributed by atoms with E-state index in [0.717, 1.165) is 0 Å². The summed E-state index contributed by atoms with van der Waals surface area (Å²) in [7, 11) is 0. The first-order valence-corrected chi connectivity index (χ1v) is 5.08. The minimum atomic E-state index is -2.26. The van der Waals surface area contributed by atoms with Crippen LogP contribution in [0.2, 0.25) is 0 Å². The van der Waals surface area contributed by atoms with Crippen molar-refractivity contribution < 1.29 is 31.8 Å². The maximum absolute atomic E-state index is 13.2. The number of ether oxygens (including phenoxy) is 1. The van der Waals surface area contributed by atoms with Crippen molar-refractivity contribution in [3.63, 3.8) is 0 Å². The number of rotatable bonds is 4. The van der Waals surface area contributed by atoms with Gasteiger partial charge in [0.25, 0.3) is 0 Å². The van der Waals surface area contributed by atoms with E-state index in [1.165, 1.54) is 0 Å². The van der Waals surface area contributed by atoms with E-state index in [0.29, 0.717) is 0 Å². The zero-order chi connectivity index (χ0) is 14.0. The predicted octanol–water partition coefficient (Wildman–Crippen LogP) is 2.84. The van der Waals surface area contributed by atoms with Gasteiger partial charge in [-0.2, -0.15) is 0 Å². The van der Waals surface area contributed by atoms with Gasteiger partial charge < -0.3 is 9.84 Å². The Labute approximate surface area is 100.0 Å². The lowest BCUT2D eigenvalue weighted by atomic mass is 10.1. The molecule has 102 valence electrons. The monoisotopic (exact) mass is 270 g/mol. The number of aliphatic hydroxyl groups excluding tert-OH is 1. The minimum Gasteiger partial charge on any atom is -0.386 e. The van der Waals surface area contributed by atoms with E-state index in [4.69, 9.17) is 4.74 Å². The maximum atomic E-state index is 13.2.